The number of sulfonamides is 1. The molecular weight excluding hydrogens is 480 g/mol. The van der Waals surface area contributed by atoms with E-state index in [1.54, 1.807) is 36.4 Å². The van der Waals surface area contributed by atoms with Crippen LogP contribution in [0.2, 0.25) is 0 Å². The Morgan fingerprint density at radius 1 is 1.06 bits per heavy atom. The van der Waals surface area contributed by atoms with E-state index in [0.29, 0.717) is 34.5 Å². The van der Waals surface area contributed by atoms with Gasteiger partial charge in [-0.25, -0.2) is 13.6 Å². The number of hydrogen-bond donors (Lipinski definition) is 3. The van der Waals surface area contributed by atoms with Gasteiger partial charge in [0.1, 0.15) is 4.70 Å². The number of H-pyrrole nitrogens is 1. The van der Waals surface area contributed by atoms with Gasteiger partial charge >= 0.3 is 0 Å². The largest absolute Gasteiger partial charge is 0.352 e. The van der Waals surface area contributed by atoms with Crippen molar-refractivity contribution in [3.8, 4) is 0 Å². The molecule has 0 radical (unpaired) electrons. The molecule has 2 aromatic carbocycles. The Balaban J connectivity index is 1.37. The molecule has 4 N–H and O–H groups in total. The van der Waals surface area contributed by atoms with E-state index in [2.05, 4.69) is 10.3 Å². The topological polar surface area (TPSA) is 127 Å². The van der Waals surface area contributed by atoms with E-state index in [1.165, 1.54) is 28.0 Å². The fraction of sp³-hybridized carbons (Fsp3) is 0.136. The van der Waals surface area contributed by atoms with Gasteiger partial charge < -0.3 is 10.3 Å². The van der Waals surface area contributed by atoms with Crippen molar-refractivity contribution in [2.45, 2.75) is 17.9 Å². The van der Waals surface area contributed by atoms with Crippen LogP contribution in [0, 0.1) is 4.77 Å². The molecule has 0 unspecified atom stereocenters. The molecule has 0 saturated carbocycles. The minimum absolute atomic E-state index is 0.0500. The molecule has 11 heteroatoms. The van der Waals surface area contributed by atoms with Crippen molar-refractivity contribution in [2.75, 3.05) is 6.54 Å². The second-order valence-corrected chi connectivity index (χ2v) is 10.2. The summed E-state index contributed by atoms with van der Waals surface area (Å²) in [6.45, 7) is 0.694. The summed E-state index contributed by atoms with van der Waals surface area (Å²) in [4.78, 5) is 28.2. The molecule has 0 bridgehead atoms. The Kier molecular flexibility index (Phi) is 6.56. The third kappa shape index (κ3) is 5.28. The summed E-state index contributed by atoms with van der Waals surface area (Å²) in [6, 6.07) is 15.0. The average molecular weight is 501 g/mol. The van der Waals surface area contributed by atoms with Crippen LogP contribution in [0.25, 0.3) is 10.2 Å². The van der Waals surface area contributed by atoms with Crippen molar-refractivity contribution in [1.82, 2.24) is 14.9 Å². The molecule has 0 aliphatic rings. The molecule has 0 spiro atoms. The monoisotopic (exact) mass is 500 g/mol. The van der Waals surface area contributed by atoms with Crippen LogP contribution in [0.15, 0.2) is 69.7 Å². The minimum atomic E-state index is -3.72. The minimum Gasteiger partial charge on any atom is -0.352 e. The van der Waals surface area contributed by atoms with Crippen LogP contribution in [0.1, 0.15) is 21.5 Å². The van der Waals surface area contributed by atoms with Gasteiger partial charge in [0.2, 0.25) is 10.0 Å². The standard InChI is InChI=1S/C22H20N4O4S3/c23-33(29,30)17-7-3-14(4-8-17)9-11-24-20(27)16-5-1-15(2-6-16)13-26-21(28)19-18(10-12-32-19)25-22(26)31/h1-8,10,12H,9,11,13H2,(H,24,27)(H,25,31)(H2,23,29,30). The van der Waals surface area contributed by atoms with Gasteiger partial charge in [0, 0.05) is 12.1 Å². The number of thiophene rings is 1. The molecule has 1 amide bonds. The second-order valence-electron chi connectivity index (χ2n) is 7.38. The first-order valence-corrected chi connectivity index (χ1v) is 12.7. The Labute approximate surface area is 198 Å². The van der Waals surface area contributed by atoms with E-state index in [1.807, 2.05) is 11.4 Å². The van der Waals surface area contributed by atoms with Gasteiger partial charge in [-0.3, -0.25) is 14.2 Å². The predicted octanol–water partition coefficient (Wildman–Crippen LogP) is 2.79. The summed E-state index contributed by atoms with van der Waals surface area (Å²) in [5, 5.41) is 9.77. The fourth-order valence-corrected chi connectivity index (χ4v) is 4.90. The number of benzene rings is 2. The van der Waals surface area contributed by atoms with E-state index in [4.69, 9.17) is 17.4 Å². The molecule has 0 aliphatic carbocycles. The maximum absolute atomic E-state index is 12.7. The molecule has 170 valence electrons. The number of carbonyl (C=O) groups excluding carboxylic acids is 1. The van der Waals surface area contributed by atoms with Crippen molar-refractivity contribution in [3.63, 3.8) is 0 Å². The molecule has 8 nitrogen and oxygen atoms in total. The molecule has 0 fully saturated rings. The first-order chi connectivity index (χ1) is 15.7. The van der Waals surface area contributed by atoms with Gasteiger partial charge in [-0.15, -0.1) is 11.3 Å². The highest BCUT2D eigenvalue weighted by molar-refractivity contribution is 7.89. The second kappa shape index (κ2) is 9.40. The van der Waals surface area contributed by atoms with Gasteiger partial charge in [0.15, 0.2) is 4.77 Å². The van der Waals surface area contributed by atoms with E-state index < -0.39 is 10.0 Å². The molecule has 0 atom stereocenters. The molecule has 2 aromatic heterocycles. The van der Waals surface area contributed by atoms with Crippen LogP contribution in [0.3, 0.4) is 0 Å². The SMILES string of the molecule is NS(=O)(=O)c1ccc(CCNC(=O)c2ccc(Cn3c(=S)[nH]c4ccsc4c3=O)cc2)cc1. The van der Waals surface area contributed by atoms with Crippen molar-refractivity contribution in [1.29, 1.82) is 0 Å². The quantitative estimate of drug-likeness (QED) is 0.336. The summed E-state index contributed by atoms with van der Waals surface area (Å²) in [5.74, 6) is -0.225. The maximum Gasteiger partial charge on any atom is 0.272 e. The zero-order valence-electron chi connectivity index (χ0n) is 17.3. The number of aromatic amines is 1. The summed E-state index contributed by atoms with van der Waals surface area (Å²) in [7, 11) is -3.72. The fourth-order valence-electron chi connectivity index (χ4n) is 3.33. The highest BCUT2D eigenvalue weighted by Crippen LogP contribution is 2.15. The smallest absolute Gasteiger partial charge is 0.272 e. The van der Waals surface area contributed by atoms with Gasteiger partial charge in [0.05, 0.1) is 17.0 Å². The van der Waals surface area contributed by atoms with Gasteiger partial charge in [0.25, 0.3) is 11.5 Å². The number of rotatable bonds is 7. The van der Waals surface area contributed by atoms with E-state index in [9.17, 15) is 18.0 Å². The predicted molar refractivity (Wildman–Crippen MR) is 131 cm³/mol. The van der Waals surface area contributed by atoms with Crippen LogP contribution in [0.4, 0.5) is 0 Å². The summed E-state index contributed by atoms with van der Waals surface area (Å²) in [5.41, 5.74) is 2.82. The lowest BCUT2D eigenvalue weighted by molar-refractivity contribution is 0.0954. The number of nitrogens with one attached hydrogen (secondary N) is 2. The Morgan fingerprint density at radius 2 is 1.73 bits per heavy atom. The molecular formula is C22H20N4O4S3. The normalized spacial score (nSPS) is 11.5. The van der Waals surface area contributed by atoms with E-state index in [0.717, 1.165) is 16.6 Å². The highest BCUT2D eigenvalue weighted by Gasteiger charge is 2.10. The summed E-state index contributed by atoms with van der Waals surface area (Å²) < 4.78 is 25.1. The van der Waals surface area contributed by atoms with Crippen molar-refractivity contribution in [2.24, 2.45) is 5.14 Å². The Morgan fingerprint density at radius 3 is 2.39 bits per heavy atom. The summed E-state index contributed by atoms with van der Waals surface area (Å²) >= 11 is 6.69. The molecule has 0 saturated heterocycles. The molecule has 0 aliphatic heterocycles. The lowest BCUT2D eigenvalue weighted by Gasteiger charge is -2.09. The number of aromatic nitrogens is 2. The number of hydrogen-bond acceptors (Lipinski definition) is 6. The van der Waals surface area contributed by atoms with Gasteiger partial charge in [-0.05, 0) is 65.5 Å². The third-order valence-corrected chi connectivity index (χ3v) is 7.25. The number of nitrogens with zero attached hydrogens (tertiary/aromatic N) is 1. The number of fused-ring (bicyclic) bond motifs is 1. The summed E-state index contributed by atoms with van der Waals surface area (Å²) in [6.07, 6.45) is 0.543. The van der Waals surface area contributed by atoms with Crippen LogP contribution in [-0.4, -0.2) is 30.4 Å². The molecule has 4 aromatic rings. The number of amides is 1. The zero-order chi connectivity index (χ0) is 23.6. The maximum atomic E-state index is 12.7. The van der Waals surface area contributed by atoms with E-state index >= 15 is 0 Å². The first-order valence-electron chi connectivity index (χ1n) is 9.91. The number of carbonyl (C=O) groups is 1. The highest BCUT2D eigenvalue weighted by atomic mass is 32.2. The molecule has 2 heterocycles. The molecule has 4 rings (SSSR count). The van der Waals surface area contributed by atoms with E-state index in [-0.39, 0.29) is 16.4 Å². The van der Waals surface area contributed by atoms with Gasteiger partial charge in [-0.1, -0.05) is 24.3 Å². The van der Waals surface area contributed by atoms with Crippen molar-refractivity contribution >= 4 is 49.7 Å². The van der Waals surface area contributed by atoms with Crippen LogP contribution >= 0.6 is 23.6 Å². The van der Waals surface area contributed by atoms with Crippen LogP contribution in [0.5, 0.6) is 0 Å². The molecule has 33 heavy (non-hydrogen) atoms. The van der Waals surface area contributed by atoms with Crippen LogP contribution < -0.4 is 16.0 Å². The lowest BCUT2D eigenvalue weighted by atomic mass is 10.1. The van der Waals surface area contributed by atoms with Crippen molar-refractivity contribution in [3.05, 3.63) is 91.8 Å². The van der Waals surface area contributed by atoms with Gasteiger partial charge in [-0.2, -0.15) is 0 Å². The zero-order valence-corrected chi connectivity index (χ0v) is 19.7. The Bertz CT molecular complexity index is 1530. The number of nitrogens with two attached hydrogens (primary N) is 1. The third-order valence-electron chi connectivity index (χ3n) is 5.10. The number of primary sulfonamides is 1. The first kappa shape index (κ1) is 23.1. The van der Waals surface area contributed by atoms with Crippen molar-refractivity contribution < 1.29 is 13.2 Å². The lowest BCUT2D eigenvalue weighted by Crippen LogP contribution is -2.25. The average Bonchev–Trinajstić information content (AvgIpc) is 3.25. The Hall–Kier alpha value is -3.12. The van der Waals surface area contributed by atoms with Crippen LogP contribution in [-0.2, 0) is 23.0 Å².